The van der Waals surface area contributed by atoms with Crippen LogP contribution in [0.3, 0.4) is 0 Å². The fourth-order valence-corrected chi connectivity index (χ4v) is 5.89. The number of hydrogen-bond donors (Lipinski definition) is 2. The highest BCUT2D eigenvalue weighted by molar-refractivity contribution is 6.32. The molecule has 2 aromatic carbocycles. The summed E-state index contributed by atoms with van der Waals surface area (Å²) in [7, 11) is 0. The fourth-order valence-electron chi connectivity index (χ4n) is 5.72. The monoisotopic (exact) mass is 554 g/mol. The first-order valence-electron chi connectivity index (χ1n) is 13.4. The Labute approximate surface area is 236 Å². The lowest BCUT2D eigenvalue weighted by Crippen LogP contribution is -2.53. The summed E-state index contributed by atoms with van der Waals surface area (Å²) in [6.45, 7) is 8.21. The van der Waals surface area contributed by atoms with E-state index in [1.807, 2.05) is 23.3 Å². The van der Waals surface area contributed by atoms with Crippen LogP contribution in [0.25, 0.3) is 0 Å². The molecule has 1 saturated carbocycles. The van der Waals surface area contributed by atoms with Crippen molar-refractivity contribution in [1.82, 2.24) is 20.2 Å². The van der Waals surface area contributed by atoms with E-state index in [-0.39, 0.29) is 18.4 Å². The summed E-state index contributed by atoms with van der Waals surface area (Å²) in [6, 6.07) is 18.3. The van der Waals surface area contributed by atoms with Crippen LogP contribution in [0.5, 0.6) is 0 Å². The van der Waals surface area contributed by atoms with Gasteiger partial charge in [0.15, 0.2) is 5.82 Å². The standard InChI is InChI=1S/C29H35ClN6O.ClH/c1-19-16-35(17-20(2)32-19)18-21-12-24(22-8-9-22)14-25(13-21)33-29-31-15-26(30)28(34-29)36-27(10-11-37-36)23-6-4-3-5-7-23;/h3-7,12-15,19-20,22,27,32H,8-11,16-18H2,1-2H3,(H,31,33,34);1H/t19-,20+,27-;/m0./s1. The van der Waals surface area contributed by atoms with Gasteiger partial charge in [-0.1, -0.05) is 48.0 Å². The van der Waals surface area contributed by atoms with E-state index >= 15 is 0 Å². The molecule has 7 nitrogen and oxygen atoms in total. The minimum Gasteiger partial charge on any atom is -0.324 e. The molecule has 2 aliphatic heterocycles. The molecule has 0 radical (unpaired) electrons. The van der Waals surface area contributed by atoms with Crippen molar-refractivity contribution in [3.05, 3.63) is 76.4 Å². The summed E-state index contributed by atoms with van der Waals surface area (Å²) in [5.41, 5.74) is 4.93. The van der Waals surface area contributed by atoms with Crippen molar-refractivity contribution in [2.24, 2.45) is 0 Å². The third-order valence-electron chi connectivity index (χ3n) is 7.38. The van der Waals surface area contributed by atoms with E-state index < -0.39 is 0 Å². The average molecular weight is 556 g/mol. The van der Waals surface area contributed by atoms with Gasteiger partial charge < -0.3 is 10.6 Å². The molecule has 0 bridgehead atoms. The Morgan fingerprint density at radius 1 is 1.03 bits per heavy atom. The maximum atomic E-state index is 6.58. The number of hydrogen-bond acceptors (Lipinski definition) is 7. The lowest BCUT2D eigenvalue weighted by Gasteiger charge is -2.36. The van der Waals surface area contributed by atoms with Crippen molar-refractivity contribution in [2.45, 2.75) is 63.7 Å². The molecule has 6 rings (SSSR count). The molecule has 3 heterocycles. The van der Waals surface area contributed by atoms with Crippen molar-refractivity contribution < 1.29 is 4.84 Å². The molecule has 2 N–H and O–H groups in total. The highest BCUT2D eigenvalue weighted by Gasteiger charge is 2.31. The summed E-state index contributed by atoms with van der Waals surface area (Å²) in [6.07, 6.45) is 5.06. The molecule has 202 valence electrons. The zero-order valence-corrected chi connectivity index (χ0v) is 23.5. The molecule has 9 heteroatoms. The van der Waals surface area contributed by atoms with E-state index in [0.29, 0.717) is 41.4 Å². The van der Waals surface area contributed by atoms with E-state index in [2.05, 4.69) is 64.7 Å². The van der Waals surface area contributed by atoms with Gasteiger partial charge in [0.2, 0.25) is 5.95 Å². The molecule has 0 unspecified atom stereocenters. The van der Waals surface area contributed by atoms with Crippen LogP contribution in [-0.4, -0.2) is 46.6 Å². The van der Waals surface area contributed by atoms with Crippen LogP contribution < -0.4 is 15.7 Å². The molecule has 0 amide bonds. The van der Waals surface area contributed by atoms with Gasteiger partial charge in [-0.2, -0.15) is 4.98 Å². The predicted octanol–water partition coefficient (Wildman–Crippen LogP) is 6.24. The molecule has 1 aromatic heterocycles. The van der Waals surface area contributed by atoms with Crippen molar-refractivity contribution in [1.29, 1.82) is 0 Å². The Morgan fingerprint density at radius 2 is 1.79 bits per heavy atom. The minimum atomic E-state index is 0. The second-order valence-electron chi connectivity index (χ2n) is 10.8. The van der Waals surface area contributed by atoms with Gasteiger partial charge in [-0.25, -0.2) is 10.0 Å². The van der Waals surface area contributed by atoms with Crippen LogP contribution >= 0.6 is 24.0 Å². The third-order valence-corrected chi connectivity index (χ3v) is 7.65. The number of piperazine rings is 1. The normalized spacial score (nSPS) is 23.8. The zero-order valence-electron chi connectivity index (χ0n) is 21.9. The van der Waals surface area contributed by atoms with Crippen molar-refractivity contribution in [3.63, 3.8) is 0 Å². The highest BCUT2D eigenvalue weighted by atomic mass is 35.5. The molecule has 1 aliphatic carbocycles. The quantitative estimate of drug-likeness (QED) is 0.358. The van der Waals surface area contributed by atoms with E-state index in [9.17, 15) is 0 Å². The average Bonchev–Trinajstić information content (AvgIpc) is 3.62. The van der Waals surface area contributed by atoms with Crippen molar-refractivity contribution in [3.8, 4) is 0 Å². The summed E-state index contributed by atoms with van der Waals surface area (Å²) in [5, 5.41) is 9.41. The Bertz CT molecular complexity index is 1230. The van der Waals surface area contributed by atoms with Crippen LogP contribution in [0, 0.1) is 0 Å². The number of aromatic nitrogens is 2. The van der Waals surface area contributed by atoms with Crippen LogP contribution in [0.4, 0.5) is 17.5 Å². The van der Waals surface area contributed by atoms with Gasteiger partial charge in [0, 0.05) is 43.8 Å². The largest absolute Gasteiger partial charge is 0.324 e. The SMILES string of the molecule is C[C@@H]1CN(Cc2cc(Nc3ncc(Cl)c(N4OCC[C@H]4c4ccccc4)n3)cc(C3CC3)c2)C[C@H](C)N1.Cl. The summed E-state index contributed by atoms with van der Waals surface area (Å²) < 4.78 is 0. The molecule has 2 saturated heterocycles. The number of nitrogens with zero attached hydrogens (tertiary/aromatic N) is 4. The molecular formula is C29H36Cl2N6O. The Balaban J connectivity index is 0.00000294. The maximum absolute atomic E-state index is 6.58. The van der Waals surface area contributed by atoms with E-state index in [1.54, 1.807) is 6.20 Å². The smallest absolute Gasteiger partial charge is 0.229 e. The fraction of sp³-hybridized carbons (Fsp3) is 0.448. The molecular weight excluding hydrogens is 519 g/mol. The van der Waals surface area contributed by atoms with Gasteiger partial charge >= 0.3 is 0 Å². The van der Waals surface area contributed by atoms with Gasteiger partial charge in [0.1, 0.15) is 5.02 Å². The molecule has 3 aliphatic rings. The van der Waals surface area contributed by atoms with Crippen LogP contribution in [0.2, 0.25) is 5.02 Å². The van der Waals surface area contributed by atoms with Gasteiger partial charge in [-0.15, -0.1) is 12.4 Å². The van der Waals surface area contributed by atoms with Crippen LogP contribution in [0.15, 0.2) is 54.7 Å². The number of nitrogens with one attached hydrogen (secondary N) is 2. The number of hydroxylamine groups is 1. The van der Waals surface area contributed by atoms with Gasteiger partial charge in [-0.3, -0.25) is 9.74 Å². The summed E-state index contributed by atoms with van der Waals surface area (Å²) in [5.74, 6) is 1.77. The first-order chi connectivity index (χ1) is 18.0. The van der Waals surface area contributed by atoms with E-state index in [0.717, 1.165) is 31.7 Å². The second-order valence-corrected chi connectivity index (χ2v) is 11.2. The highest BCUT2D eigenvalue weighted by Crippen LogP contribution is 2.42. The van der Waals surface area contributed by atoms with Gasteiger partial charge in [0.05, 0.1) is 18.8 Å². The summed E-state index contributed by atoms with van der Waals surface area (Å²) in [4.78, 5) is 17.9. The Kier molecular flexibility index (Phi) is 8.41. The first-order valence-corrected chi connectivity index (χ1v) is 13.8. The number of halogens is 2. The minimum absolute atomic E-state index is 0. The van der Waals surface area contributed by atoms with Crippen molar-refractivity contribution in [2.75, 3.05) is 30.1 Å². The Hall–Kier alpha value is -2.42. The Morgan fingerprint density at radius 3 is 2.53 bits per heavy atom. The molecule has 3 atom stereocenters. The topological polar surface area (TPSA) is 65.5 Å². The third kappa shape index (κ3) is 6.24. The van der Waals surface area contributed by atoms with Gasteiger partial charge in [-0.05, 0) is 61.4 Å². The predicted molar refractivity (Wildman–Crippen MR) is 156 cm³/mol. The summed E-state index contributed by atoms with van der Waals surface area (Å²) >= 11 is 6.58. The number of rotatable bonds is 7. The number of anilines is 3. The van der Waals surface area contributed by atoms with Crippen LogP contribution in [-0.2, 0) is 11.4 Å². The van der Waals surface area contributed by atoms with Gasteiger partial charge in [0.25, 0.3) is 0 Å². The lowest BCUT2D eigenvalue weighted by atomic mass is 10.0. The van der Waals surface area contributed by atoms with Crippen LogP contribution in [0.1, 0.15) is 61.8 Å². The van der Waals surface area contributed by atoms with Crippen molar-refractivity contribution >= 4 is 41.5 Å². The van der Waals surface area contributed by atoms with E-state index in [4.69, 9.17) is 21.4 Å². The molecule has 0 spiro atoms. The molecule has 38 heavy (non-hydrogen) atoms. The maximum Gasteiger partial charge on any atom is 0.229 e. The molecule has 3 aromatic rings. The zero-order chi connectivity index (χ0) is 25.4. The molecule has 3 fully saturated rings. The first kappa shape index (κ1) is 27.2. The lowest BCUT2D eigenvalue weighted by molar-refractivity contribution is 0.157. The van der Waals surface area contributed by atoms with E-state index in [1.165, 1.54) is 29.5 Å². The number of benzene rings is 2. The second kappa shape index (κ2) is 11.8.